The van der Waals surface area contributed by atoms with Gasteiger partial charge in [-0.25, -0.2) is 4.98 Å². The minimum absolute atomic E-state index is 0.200. The Morgan fingerprint density at radius 3 is 2.36 bits per heavy atom. The van der Waals surface area contributed by atoms with Crippen LogP contribution in [-0.4, -0.2) is 36.3 Å². The van der Waals surface area contributed by atoms with Crippen LogP contribution in [0.25, 0.3) is 0 Å². The fourth-order valence-corrected chi connectivity index (χ4v) is 2.70. The van der Waals surface area contributed by atoms with Crippen LogP contribution in [-0.2, 0) is 15.7 Å². The fraction of sp³-hybridized carbons (Fsp3) is 0.812. The molecule has 0 atom stereocenters. The molecule has 1 fully saturated rings. The van der Waals surface area contributed by atoms with Gasteiger partial charge in [-0.2, -0.15) is 0 Å². The van der Waals surface area contributed by atoms with E-state index in [0.29, 0.717) is 0 Å². The topological polar surface area (TPSA) is 34.6 Å². The second kappa shape index (κ2) is 6.50. The van der Waals surface area contributed by atoms with Crippen LogP contribution in [0.5, 0.6) is 0 Å². The molecule has 4 nitrogen and oxygen atoms in total. The molecule has 0 amide bonds. The van der Waals surface area contributed by atoms with Gasteiger partial charge in [-0.05, 0) is 47.8 Å². The van der Waals surface area contributed by atoms with Crippen LogP contribution >= 0.6 is 11.3 Å². The molecule has 124 valence electrons. The van der Waals surface area contributed by atoms with Crippen molar-refractivity contribution in [3.63, 3.8) is 0 Å². The Hall–Kier alpha value is -0.585. The highest BCUT2D eigenvalue weighted by Crippen LogP contribution is 2.37. The fourth-order valence-electron chi connectivity index (χ4n) is 1.80. The van der Waals surface area contributed by atoms with Crippen LogP contribution in [0.4, 0.5) is 5.13 Å². The molecule has 0 bridgehead atoms. The van der Waals surface area contributed by atoms with Gasteiger partial charge in [0.25, 0.3) is 0 Å². The quantitative estimate of drug-likeness (QED) is 0.744. The summed E-state index contributed by atoms with van der Waals surface area (Å²) in [4.78, 5) is 3.53. The van der Waals surface area contributed by atoms with Crippen molar-refractivity contribution in [3.05, 3.63) is 5.69 Å². The van der Waals surface area contributed by atoms with Crippen molar-refractivity contribution < 1.29 is 32.6 Å². The zero-order chi connectivity index (χ0) is 31.2. The first-order valence-corrected chi connectivity index (χ1v) is 7.26. The summed E-state index contributed by atoms with van der Waals surface area (Å²) in [6.45, 7) is -11.9. The molecule has 22 heavy (non-hydrogen) atoms. The summed E-state index contributed by atoms with van der Waals surface area (Å²) >= 11 is 0.200. The summed E-state index contributed by atoms with van der Waals surface area (Å²) in [5.74, 6) is 0. The van der Waals surface area contributed by atoms with Crippen molar-refractivity contribution in [1.29, 1.82) is 0 Å². The standard InChI is InChI=1S/C16H29BN2O2S/c1-8-11-12-13(22-14(18-12)19(9-2)10-3)17-20-15(4,5)16(6,7)21-17/h8-11H2,1-7H3/i1D3,2D3,3D3,8D2,9D2,10D2,11D2. The number of aryl methyl sites for hydroxylation is 1. The Labute approximate surface area is 163 Å². The van der Waals surface area contributed by atoms with E-state index in [9.17, 15) is 0 Å². The molecule has 0 aromatic carbocycles. The number of thiazole rings is 1. The third kappa shape index (κ3) is 3.19. The average Bonchev–Trinajstić information content (AvgIpc) is 3.17. The molecule has 2 rings (SSSR count). The summed E-state index contributed by atoms with van der Waals surface area (Å²) < 4.78 is 146. The van der Waals surface area contributed by atoms with E-state index >= 15 is 0 Å². The van der Waals surface area contributed by atoms with Gasteiger partial charge in [-0.15, -0.1) is 11.3 Å². The molecule has 1 saturated heterocycles. The first-order valence-electron chi connectivity index (χ1n) is 14.9. The zero-order valence-corrected chi connectivity index (χ0v) is 13.5. The van der Waals surface area contributed by atoms with Crippen LogP contribution in [0.15, 0.2) is 0 Å². The molecule has 0 radical (unpaired) electrons. The molecular weight excluding hydrogens is 295 g/mol. The lowest BCUT2D eigenvalue weighted by Crippen LogP contribution is -2.41. The Balaban J connectivity index is 3.00. The van der Waals surface area contributed by atoms with Gasteiger partial charge in [0, 0.05) is 36.3 Å². The van der Waals surface area contributed by atoms with E-state index < -0.39 is 80.2 Å². The third-order valence-corrected chi connectivity index (χ3v) is 4.77. The molecule has 1 aromatic heterocycles. The highest BCUT2D eigenvalue weighted by Gasteiger charge is 2.53. The first-order chi connectivity index (χ1) is 16.8. The van der Waals surface area contributed by atoms with Gasteiger partial charge >= 0.3 is 7.12 Å². The van der Waals surface area contributed by atoms with Crippen molar-refractivity contribution in [2.45, 2.75) is 72.2 Å². The Morgan fingerprint density at radius 1 is 1.18 bits per heavy atom. The first kappa shape index (κ1) is 5.75. The molecule has 1 aliphatic rings. The van der Waals surface area contributed by atoms with Crippen molar-refractivity contribution in [2.24, 2.45) is 0 Å². The van der Waals surface area contributed by atoms with Crippen LogP contribution < -0.4 is 9.68 Å². The molecule has 6 heteroatoms. The van der Waals surface area contributed by atoms with Gasteiger partial charge in [-0.3, -0.25) is 0 Å². The summed E-state index contributed by atoms with van der Waals surface area (Å²) in [7, 11) is -1.57. The smallest absolute Gasteiger partial charge is 0.399 e. The molecular formula is C16H29BN2O2S. The van der Waals surface area contributed by atoms with Crippen molar-refractivity contribution in [3.8, 4) is 0 Å². The number of aromatic nitrogens is 1. The zero-order valence-electron chi connectivity index (χ0n) is 29.7. The molecule has 2 heterocycles. The van der Waals surface area contributed by atoms with Gasteiger partial charge in [0.2, 0.25) is 0 Å². The molecule has 0 aliphatic carbocycles. The SMILES string of the molecule is [2H]C([2H])([2H])C([2H])([2H])N(c1nc(C([2H])([2H])C([2H])([2H])C([2H])([2H])[2H])c(B2OC(C)(C)C(C)(C)O2)s1)C([2H])([2H])C([2H])([2H])[2H]. The maximum absolute atomic E-state index is 8.48. The molecule has 1 aromatic rings. The maximum Gasteiger partial charge on any atom is 0.507 e. The van der Waals surface area contributed by atoms with Crippen molar-refractivity contribution in [2.75, 3.05) is 17.9 Å². The predicted octanol–water partition coefficient (Wildman–Crippen LogP) is 3.24. The van der Waals surface area contributed by atoms with Gasteiger partial charge in [0.05, 0.1) is 21.7 Å². The lowest BCUT2D eigenvalue weighted by Gasteiger charge is -2.32. The van der Waals surface area contributed by atoms with Gasteiger partial charge in [-0.1, -0.05) is 13.2 Å². The lowest BCUT2D eigenvalue weighted by atomic mass is 9.85. The summed E-state index contributed by atoms with van der Waals surface area (Å²) in [6.07, 6.45) is -7.14. The summed E-state index contributed by atoms with van der Waals surface area (Å²) in [5.41, 5.74) is -3.15. The summed E-state index contributed by atoms with van der Waals surface area (Å²) in [6, 6.07) is 0. The monoisotopic (exact) mass is 341 g/mol. The number of nitrogens with zero attached hydrogens (tertiary/aromatic N) is 2. The predicted molar refractivity (Wildman–Crippen MR) is 95.4 cm³/mol. The maximum atomic E-state index is 8.48. The molecule has 0 N–H and O–H groups in total. The van der Waals surface area contributed by atoms with Crippen LogP contribution in [0.1, 0.15) is 83.6 Å². The number of hydrogen-bond acceptors (Lipinski definition) is 5. The second-order valence-electron chi connectivity index (χ2n) is 5.61. The Kier molecular flexibility index (Phi) is 1.70. The van der Waals surface area contributed by atoms with E-state index in [0.717, 1.165) is 0 Å². The van der Waals surface area contributed by atoms with E-state index in [2.05, 4.69) is 4.98 Å². The van der Waals surface area contributed by atoms with Gasteiger partial charge < -0.3 is 14.2 Å². The van der Waals surface area contributed by atoms with Gasteiger partial charge in [0.1, 0.15) is 0 Å². The van der Waals surface area contributed by atoms with Crippen LogP contribution in [0.2, 0.25) is 0 Å². The number of anilines is 1. The average molecular weight is 341 g/mol. The van der Waals surface area contributed by atoms with E-state index in [1.165, 1.54) is 0 Å². The van der Waals surface area contributed by atoms with Crippen molar-refractivity contribution in [1.82, 2.24) is 4.98 Å². The number of rotatable bonds is 6. The lowest BCUT2D eigenvalue weighted by molar-refractivity contribution is 0.00578. The summed E-state index contributed by atoms with van der Waals surface area (Å²) in [5, 5.41) is -1.01. The third-order valence-electron chi connectivity index (χ3n) is 3.71. The normalized spacial score (nSPS) is 35.5. The Bertz CT molecular complexity index is 1030. The van der Waals surface area contributed by atoms with E-state index in [-0.39, 0.29) is 16.2 Å². The molecule has 0 unspecified atom stereocenters. The largest absolute Gasteiger partial charge is 0.507 e. The van der Waals surface area contributed by atoms with E-state index in [1.807, 2.05) is 0 Å². The van der Waals surface area contributed by atoms with Gasteiger partial charge in [0.15, 0.2) is 5.13 Å². The molecule has 0 saturated carbocycles. The second-order valence-corrected chi connectivity index (χ2v) is 6.62. The van der Waals surface area contributed by atoms with Crippen LogP contribution in [0.3, 0.4) is 0 Å². The van der Waals surface area contributed by atoms with Crippen molar-refractivity contribution >= 4 is 28.4 Å². The van der Waals surface area contributed by atoms with E-state index in [1.54, 1.807) is 27.7 Å². The highest BCUT2D eigenvalue weighted by molar-refractivity contribution is 7.25. The van der Waals surface area contributed by atoms with Crippen LogP contribution in [0, 0.1) is 0 Å². The highest BCUT2D eigenvalue weighted by atomic mass is 32.1. The van der Waals surface area contributed by atoms with E-state index in [4.69, 9.17) is 32.6 Å². The Morgan fingerprint density at radius 2 is 1.82 bits per heavy atom. The minimum atomic E-state index is -3.75. The number of hydrogen-bond donors (Lipinski definition) is 0. The minimum Gasteiger partial charge on any atom is -0.399 e. The molecule has 0 spiro atoms. The molecule has 1 aliphatic heterocycles.